The van der Waals surface area contributed by atoms with E-state index in [1.165, 1.54) is 7.11 Å². The molecule has 7 nitrogen and oxygen atoms in total. The smallest absolute Gasteiger partial charge is 0.407 e. The topological polar surface area (TPSA) is 87.7 Å². The summed E-state index contributed by atoms with van der Waals surface area (Å²) >= 11 is 0. The number of alkyl carbamates (subject to hydrolysis) is 1. The standard InChI is InChI=1S/C22H25N3O4/c1-15-8-10-18(11-9-15)23-20(26)17-12-13-25(14-17)21(27)19(24-22(28)29-2)16-6-4-3-5-7-16/h3-11,17,19H,12-14H2,1-2H3,(H,23,26)(H,24,28)/t17-,19-/m1/s1. The van der Waals surface area contributed by atoms with E-state index in [1.54, 1.807) is 29.2 Å². The van der Waals surface area contributed by atoms with Crippen molar-refractivity contribution in [3.63, 3.8) is 0 Å². The van der Waals surface area contributed by atoms with Crippen LogP contribution in [0.5, 0.6) is 0 Å². The molecule has 0 aromatic heterocycles. The molecule has 0 aliphatic carbocycles. The van der Waals surface area contributed by atoms with Crippen molar-refractivity contribution >= 4 is 23.6 Å². The van der Waals surface area contributed by atoms with E-state index in [4.69, 9.17) is 0 Å². The fourth-order valence-electron chi connectivity index (χ4n) is 3.35. The summed E-state index contributed by atoms with van der Waals surface area (Å²) in [4.78, 5) is 39.0. The van der Waals surface area contributed by atoms with E-state index in [0.717, 1.165) is 11.3 Å². The number of rotatable bonds is 5. The second-order valence-electron chi connectivity index (χ2n) is 7.10. The Balaban J connectivity index is 1.66. The second-order valence-corrected chi connectivity index (χ2v) is 7.10. The lowest BCUT2D eigenvalue weighted by molar-refractivity contribution is -0.132. The highest BCUT2D eigenvalue weighted by Crippen LogP contribution is 2.23. The maximum atomic E-state index is 13.1. The van der Waals surface area contributed by atoms with Crippen molar-refractivity contribution < 1.29 is 19.1 Å². The quantitative estimate of drug-likeness (QED) is 0.815. The number of amides is 3. The van der Waals surface area contributed by atoms with Gasteiger partial charge in [0.2, 0.25) is 11.8 Å². The fraction of sp³-hybridized carbons (Fsp3) is 0.318. The van der Waals surface area contributed by atoms with Crippen LogP contribution in [-0.2, 0) is 14.3 Å². The summed E-state index contributed by atoms with van der Waals surface area (Å²) in [6.45, 7) is 2.75. The van der Waals surface area contributed by atoms with Crippen LogP contribution in [0, 0.1) is 12.8 Å². The van der Waals surface area contributed by atoms with Gasteiger partial charge in [0.25, 0.3) is 0 Å². The first-order valence-electron chi connectivity index (χ1n) is 9.53. The van der Waals surface area contributed by atoms with Gasteiger partial charge in [0, 0.05) is 18.8 Å². The third-order valence-corrected chi connectivity index (χ3v) is 5.02. The van der Waals surface area contributed by atoms with Crippen molar-refractivity contribution in [3.8, 4) is 0 Å². The molecule has 0 unspecified atom stereocenters. The number of nitrogens with zero attached hydrogens (tertiary/aromatic N) is 1. The van der Waals surface area contributed by atoms with Crippen LogP contribution in [-0.4, -0.2) is 43.0 Å². The van der Waals surface area contributed by atoms with Gasteiger partial charge in [-0.2, -0.15) is 0 Å². The number of ether oxygens (including phenoxy) is 1. The van der Waals surface area contributed by atoms with Gasteiger partial charge >= 0.3 is 6.09 Å². The molecular formula is C22H25N3O4. The van der Waals surface area contributed by atoms with Gasteiger partial charge in [-0.1, -0.05) is 48.0 Å². The van der Waals surface area contributed by atoms with Gasteiger partial charge in [0.1, 0.15) is 6.04 Å². The Labute approximate surface area is 170 Å². The minimum absolute atomic E-state index is 0.110. The highest BCUT2D eigenvalue weighted by Gasteiger charge is 2.35. The van der Waals surface area contributed by atoms with Gasteiger partial charge in [-0.15, -0.1) is 0 Å². The number of carbonyl (C=O) groups is 3. The molecule has 1 saturated heterocycles. The first-order valence-corrected chi connectivity index (χ1v) is 9.53. The molecule has 29 heavy (non-hydrogen) atoms. The van der Waals surface area contributed by atoms with Gasteiger partial charge in [-0.25, -0.2) is 4.79 Å². The minimum Gasteiger partial charge on any atom is -0.453 e. The Bertz CT molecular complexity index is 867. The third kappa shape index (κ3) is 5.13. The molecule has 2 aromatic rings. The van der Waals surface area contributed by atoms with Crippen molar-refractivity contribution in [2.24, 2.45) is 5.92 Å². The molecule has 3 amide bonds. The molecule has 0 bridgehead atoms. The van der Waals surface area contributed by atoms with Crippen LogP contribution in [0.15, 0.2) is 54.6 Å². The van der Waals surface area contributed by atoms with E-state index in [-0.39, 0.29) is 17.7 Å². The van der Waals surface area contributed by atoms with E-state index in [1.807, 2.05) is 37.3 Å². The van der Waals surface area contributed by atoms with Crippen LogP contribution in [0.2, 0.25) is 0 Å². The average Bonchev–Trinajstić information content (AvgIpc) is 3.24. The fourth-order valence-corrected chi connectivity index (χ4v) is 3.35. The number of methoxy groups -OCH3 is 1. The molecule has 1 aliphatic rings. The van der Waals surface area contributed by atoms with E-state index < -0.39 is 12.1 Å². The van der Waals surface area contributed by atoms with Crippen LogP contribution in [0.4, 0.5) is 10.5 Å². The molecule has 0 saturated carbocycles. The van der Waals surface area contributed by atoms with Gasteiger partial charge < -0.3 is 20.3 Å². The van der Waals surface area contributed by atoms with Crippen molar-refractivity contribution in [1.29, 1.82) is 0 Å². The summed E-state index contributed by atoms with van der Waals surface area (Å²) in [5.74, 6) is -0.664. The Kier molecular flexibility index (Phi) is 6.49. The maximum Gasteiger partial charge on any atom is 0.407 e. The van der Waals surface area contributed by atoms with Crippen LogP contribution in [0.1, 0.15) is 23.6 Å². The number of hydrogen-bond acceptors (Lipinski definition) is 4. The van der Waals surface area contributed by atoms with Gasteiger partial charge in [0.15, 0.2) is 0 Å². The van der Waals surface area contributed by atoms with Crippen molar-refractivity contribution in [2.75, 3.05) is 25.5 Å². The summed E-state index contributed by atoms with van der Waals surface area (Å²) in [7, 11) is 1.25. The molecule has 2 N–H and O–H groups in total. The predicted molar refractivity (Wildman–Crippen MR) is 109 cm³/mol. The number of likely N-dealkylation sites (tertiary alicyclic amines) is 1. The third-order valence-electron chi connectivity index (χ3n) is 5.02. The van der Waals surface area contributed by atoms with Crippen LogP contribution in [0.25, 0.3) is 0 Å². The molecule has 3 rings (SSSR count). The zero-order chi connectivity index (χ0) is 20.8. The summed E-state index contributed by atoms with van der Waals surface area (Å²) < 4.78 is 4.66. The predicted octanol–water partition coefficient (Wildman–Crippen LogP) is 2.88. The first-order chi connectivity index (χ1) is 14.0. The molecular weight excluding hydrogens is 370 g/mol. The molecule has 7 heteroatoms. The van der Waals surface area contributed by atoms with E-state index in [0.29, 0.717) is 25.1 Å². The van der Waals surface area contributed by atoms with E-state index >= 15 is 0 Å². The minimum atomic E-state index is -0.859. The average molecular weight is 395 g/mol. The highest BCUT2D eigenvalue weighted by molar-refractivity contribution is 5.94. The summed E-state index contributed by atoms with van der Waals surface area (Å²) in [5.41, 5.74) is 2.51. The molecule has 1 aliphatic heterocycles. The Morgan fingerprint density at radius 1 is 1.07 bits per heavy atom. The molecule has 1 fully saturated rings. The molecule has 1 heterocycles. The number of anilines is 1. The molecule has 0 radical (unpaired) electrons. The Morgan fingerprint density at radius 3 is 2.41 bits per heavy atom. The number of nitrogens with one attached hydrogen (secondary N) is 2. The molecule has 152 valence electrons. The van der Waals surface area contributed by atoms with E-state index in [9.17, 15) is 14.4 Å². The number of carbonyl (C=O) groups excluding carboxylic acids is 3. The van der Waals surface area contributed by atoms with Crippen LogP contribution in [0.3, 0.4) is 0 Å². The number of hydrogen-bond donors (Lipinski definition) is 2. The largest absolute Gasteiger partial charge is 0.453 e. The van der Waals surface area contributed by atoms with Crippen molar-refractivity contribution in [3.05, 3.63) is 65.7 Å². The van der Waals surface area contributed by atoms with Crippen LogP contribution < -0.4 is 10.6 Å². The van der Waals surface area contributed by atoms with Gasteiger partial charge in [-0.05, 0) is 31.0 Å². The Morgan fingerprint density at radius 2 is 1.76 bits per heavy atom. The molecule has 2 atom stereocenters. The monoisotopic (exact) mass is 395 g/mol. The van der Waals surface area contributed by atoms with Crippen molar-refractivity contribution in [1.82, 2.24) is 10.2 Å². The molecule has 0 spiro atoms. The lowest BCUT2D eigenvalue weighted by Gasteiger charge is -2.24. The van der Waals surface area contributed by atoms with Crippen LogP contribution >= 0.6 is 0 Å². The zero-order valence-corrected chi connectivity index (χ0v) is 16.6. The van der Waals surface area contributed by atoms with Gasteiger partial charge in [0.05, 0.1) is 13.0 Å². The first kappa shape index (κ1) is 20.4. The SMILES string of the molecule is COC(=O)N[C@@H](C(=O)N1CC[C@@H](C(=O)Nc2ccc(C)cc2)C1)c1ccccc1. The number of aryl methyl sites for hydroxylation is 1. The second kappa shape index (κ2) is 9.23. The zero-order valence-electron chi connectivity index (χ0n) is 16.6. The van der Waals surface area contributed by atoms with Crippen molar-refractivity contribution in [2.45, 2.75) is 19.4 Å². The normalized spacial score (nSPS) is 16.8. The highest BCUT2D eigenvalue weighted by atomic mass is 16.5. The summed E-state index contributed by atoms with van der Waals surface area (Å²) in [6, 6.07) is 15.7. The Hall–Kier alpha value is -3.35. The summed E-state index contributed by atoms with van der Waals surface area (Å²) in [5, 5.41) is 5.50. The maximum absolute atomic E-state index is 13.1. The lowest BCUT2D eigenvalue weighted by atomic mass is 10.1. The lowest BCUT2D eigenvalue weighted by Crippen LogP contribution is -2.42. The molecule has 2 aromatic carbocycles. The number of benzene rings is 2. The van der Waals surface area contributed by atoms with Gasteiger partial charge in [-0.3, -0.25) is 9.59 Å². The van der Waals surface area contributed by atoms with E-state index in [2.05, 4.69) is 15.4 Å². The summed E-state index contributed by atoms with van der Waals surface area (Å²) in [6.07, 6.45) is -0.108.